The molecule has 1 heterocycles. The van der Waals surface area contributed by atoms with Gasteiger partial charge >= 0.3 is 0 Å². The van der Waals surface area contributed by atoms with Crippen LogP contribution in [0.1, 0.15) is 34.5 Å². The Balaban J connectivity index is 2.16. The van der Waals surface area contributed by atoms with E-state index in [4.69, 9.17) is 0 Å². The van der Waals surface area contributed by atoms with E-state index in [-0.39, 0.29) is 5.78 Å². The van der Waals surface area contributed by atoms with Gasteiger partial charge < -0.3 is 0 Å². The molecule has 0 aliphatic heterocycles. The normalized spacial score (nSPS) is 14.8. The minimum atomic E-state index is 0.219. The van der Waals surface area contributed by atoms with Crippen molar-refractivity contribution >= 4 is 5.78 Å². The monoisotopic (exact) mass is 226 g/mol. The molecule has 2 aromatic rings. The highest BCUT2D eigenvalue weighted by Crippen LogP contribution is 2.29. The van der Waals surface area contributed by atoms with Gasteiger partial charge in [0, 0.05) is 17.7 Å². The molecular formula is C14H14N2O. The highest BCUT2D eigenvalue weighted by molar-refractivity contribution is 6.03. The van der Waals surface area contributed by atoms with E-state index in [0.717, 1.165) is 35.4 Å². The summed E-state index contributed by atoms with van der Waals surface area (Å²) in [5.41, 5.74) is 4.83. The van der Waals surface area contributed by atoms with Crippen LogP contribution in [0.25, 0.3) is 11.3 Å². The third-order valence-corrected chi connectivity index (χ3v) is 3.24. The number of hydrogen-bond donors (Lipinski definition) is 1. The maximum Gasteiger partial charge on any atom is 0.166 e. The molecule has 17 heavy (non-hydrogen) atoms. The van der Waals surface area contributed by atoms with Crippen molar-refractivity contribution in [3.63, 3.8) is 0 Å². The second kappa shape index (κ2) is 3.84. The standard InChI is InChI=1S/C14H14N2O/c1-9-4-2-5-10(8-9)14-13-11(15-16-14)6-3-7-12(13)17/h2,4-5,8H,3,6-7H2,1H3,(H,15,16). The van der Waals surface area contributed by atoms with Crippen LogP contribution in [0, 0.1) is 6.92 Å². The fourth-order valence-electron chi connectivity index (χ4n) is 2.41. The molecule has 3 nitrogen and oxygen atoms in total. The lowest BCUT2D eigenvalue weighted by molar-refractivity contribution is 0.0973. The van der Waals surface area contributed by atoms with Crippen LogP contribution in [-0.2, 0) is 6.42 Å². The molecule has 1 aliphatic carbocycles. The Morgan fingerprint density at radius 1 is 1.29 bits per heavy atom. The van der Waals surface area contributed by atoms with Gasteiger partial charge in [-0.3, -0.25) is 9.89 Å². The molecular weight excluding hydrogens is 212 g/mol. The third-order valence-electron chi connectivity index (χ3n) is 3.24. The van der Waals surface area contributed by atoms with Gasteiger partial charge in [0.2, 0.25) is 0 Å². The number of ketones is 1. The van der Waals surface area contributed by atoms with Gasteiger partial charge in [0.15, 0.2) is 5.78 Å². The van der Waals surface area contributed by atoms with Crippen LogP contribution in [0.5, 0.6) is 0 Å². The number of H-pyrrole nitrogens is 1. The van der Waals surface area contributed by atoms with E-state index in [1.165, 1.54) is 5.56 Å². The van der Waals surface area contributed by atoms with E-state index in [2.05, 4.69) is 16.3 Å². The van der Waals surface area contributed by atoms with E-state index in [0.29, 0.717) is 6.42 Å². The summed E-state index contributed by atoms with van der Waals surface area (Å²) in [6.07, 6.45) is 2.51. The van der Waals surface area contributed by atoms with Gasteiger partial charge in [-0.2, -0.15) is 5.10 Å². The Hall–Kier alpha value is -1.90. The number of rotatable bonds is 1. The summed E-state index contributed by atoms with van der Waals surface area (Å²) in [6, 6.07) is 8.12. The number of aryl methyl sites for hydroxylation is 2. The summed E-state index contributed by atoms with van der Waals surface area (Å²) in [5, 5.41) is 7.32. The summed E-state index contributed by atoms with van der Waals surface area (Å²) in [6.45, 7) is 2.05. The summed E-state index contributed by atoms with van der Waals surface area (Å²) in [4.78, 5) is 12.0. The molecule has 0 amide bonds. The number of nitrogens with one attached hydrogen (secondary N) is 1. The Morgan fingerprint density at radius 2 is 2.18 bits per heavy atom. The predicted molar refractivity (Wildman–Crippen MR) is 66.0 cm³/mol. The quantitative estimate of drug-likeness (QED) is 0.812. The molecule has 0 bridgehead atoms. The van der Waals surface area contributed by atoms with Crippen LogP contribution in [0.15, 0.2) is 24.3 Å². The number of aromatic amines is 1. The second-order valence-corrected chi connectivity index (χ2v) is 4.57. The summed E-state index contributed by atoms with van der Waals surface area (Å²) in [5.74, 6) is 0.219. The van der Waals surface area contributed by atoms with Crippen molar-refractivity contribution in [3.8, 4) is 11.3 Å². The van der Waals surface area contributed by atoms with Gasteiger partial charge in [0.1, 0.15) is 5.69 Å². The van der Waals surface area contributed by atoms with Gasteiger partial charge in [-0.25, -0.2) is 0 Å². The number of nitrogens with zero attached hydrogens (tertiary/aromatic N) is 1. The third kappa shape index (κ3) is 1.68. The van der Waals surface area contributed by atoms with Crippen molar-refractivity contribution < 1.29 is 4.79 Å². The molecule has 86 valence electrons. The molecule has 3 rings (SSSR count). The van der Waals surface area contributed by atoms with Crippen molar-refractivity contribution in [2.75, 3.05) is 0 Å². The van der Waals surface area contributed by atoms with Crippen molar-refractivity contribution in [2.45, 2.75) is 26.2 Å². The highest BCUT2D eigenvalue weighted by Gasteiger charge is 2.24. The predicted octanol–water partition coefficient (Wildman–Crippen LogP) is 2.90. The van der Waals surface area contributed by atoms with Crippen molar-refractivity contribution in [1.29, 1.82) is 0 Å². The number of fused-ring (bicyclic) bond motifs is 1. The molecule has 1 aromatic heterocycles. The minimum absolute atomic E-state index is 0.219. The number of carbonyl (C=O) groups excluding carboxylic acids is 1. The van der Waals surface area contributed by atoms with Gasteiger partial charge in [0.25, 0.3) is 0 Å². The van der Waals surface area contributed by atoms with Crippen molar-refractivity contribution in [3.05, 3.63) is 41.1 Å². The first-order chi connectivity index (χ1) is 8.25. The van der Waals surface area contributed by atoms with E-state index in [1.807, 2.05) is 25.1 Å². The smallest absolute Gasteiger partial charge is 0.166 e. The van der Waals surface area contributed by atoms with Crippen LogP contribution < -0.4 is 0 Å². The Morgan fingerprint density at radius 3 is 3.00 bits per heavy atom. The lowest BCUT2D eigenvalue weighted by Gasteiger charge is -2.10. The zero-order valence-corrected chi connectivity index (χ0v) is 9.79. The van der Waals surface area contributed by atoms with E-state index < -0.39 is 0 Å². The van der Waals surface area contributed by atoms with Gasteiger partial charge in [-0.15, -0.1) is 0 Å². The fourth-order valence-corrected chi connectivity index (χ4v) is 2.41. The van der Waals surface area contributed by atoms with E-state index in [9.17, 15) is 4.79 Å². The summed E-state index contributed by atoms with van der Waals surface area (Å²) in [7, 11) is 0. The average Bonchev–Trinajstić information content (AvgIpc) is 2.74. The Labute approximate surface area is 99.9 Å². The second-order valence-electron chi connectivity index (χ2n) is 4.57. The first kappa shape index (κ1) is 10.3. The molecule has 3 heteroatoms. The lowest BCUT2D eigenvalue weighted by Crippen LogP contribution is -2.10. The van der Waals surface area contributed by atoms with Gasteiger partial charge in [0.05, 0.1) is 5.56 Å². The molecule has 0 saturated carbocycles. The van der Waals surface area contributed by atoms with Crippen molar-refractivity contribution in [2.24, 2.45) is 0 Å². The zero-order valence-electron chi connectivity index (χ0n) is 9.79. The van der Waals surface area contributed by atoms with Crippen LogP contribution >= 0.6 is 0 Å². The molecule has 1 aliphatic rings. The van der Waals surface area contributed by atoms with Crippen LogP contribution in [-0.4, -0.2) is 16.0 Å². The highest BCUT2D eigenvalue weighted by atomic mass is 16.1. The summed E-state index contributed by atoms with van der Waals surface area (Å²) >= 11 is 0. The van der Waals surface area contributed by atoms with Gasteiger partial charge in [-0.1, -0.05) is 23.8 Å². The molecule has 1 N–H and O–H groups in total. The molecule has 0 fully saturated rings. The number of hydrogen-bond acceptors (Lipinski definition) is 2. The van der Waals surface area contributed by atoms with E-state index in [1.54, 1.807) is 0 Å². The maximum absolute atomic E-state index is 12.0. The van der Waals surface area contributed by atoms with Crippen LogP contribution in [0.4, 0.5) is 0 Å². The molecule has 0 spiro atoms. The van der Waals surface area contributed by atoms with E-state index >= 15 is 0 Å². The summed E-state index contributed by atoms with van der Waals surface area (Å²) < 4.78 is 0. The lowest BCUT2D eigenvalue weighted by atomic mass is 9.92. The van der Waals surface area contributed by atoms with Crippen LogP contribution in [0.2, 0.25) is 0 Å². The fraction of sp³-hybridized carbons (Fsp3) is 0.286. The largest absolute Gasteiger partial charge is 0.294 e. The maximum atomic E-state index is 12.0. The number of aromatic nitrogens is 2. The van der Waals surface area contributed by atoms with Gasteiger partial charge in [-0.05, 0) is 25.8 Å². The minimum Gasteiger partial charge on any atom is -0.294 e. The Kier molecular flexibility index (Phi) is 2.32. The number of benzene rings is 1. The molecule has 0 radical (unpaired) electrons. The SMILES string of the molecule is Cc1cccc(-c2n[nH]c3c2C(=O)CCC3)c1. The molecule has 1 aromatic carbocycles. The Bertz CT molecular complexity index is 584. The molecule has 0 unspecified atom stereocenters. The molecule has 0 saturated heterocycles. The first-order valence-electron chi connectivity index (χ1n) is 5.93. The zero-order chi connectivity index (χ0) is 11.8. The first-order valence-corrected chi connectivity index (χ1v) is 5.93. The average molecular weight is 226 g/mol. The topological polar surface area (TPSA) is 45.8 Å². The number of Topliss-reactive ketones (excluding diaryl/α,β-unsaturated/α-hetero) is 1. The van der Waals surface area contributed by atoms with Crippen molar-refractivity contribution in [1.82, 2.24) is 10.2 Å². The molecule has 0 atom stereocenters. The number of carbonyl (C=O) groups is 1. The van der Waals surface area contributed by atoms with Crippen LogP contribution in [0.3, 0.4) is 0 Å².